The molecule has 9 nitrogen and oxygen atoms in total. The predicted molar refractivity (Wildman–Crippen MR) is 111 cm³/mol. The van der Waals surface area contributed by atoms with E-state index in [1.165, 1.54) is 35.7 Å². The summed E-state index contributed by atoms with van der Waals surface area (Å²) in [6.07, 6.45) is 4.62. The second-order valence-corrected chi connectivity index (χ2v) is 7.10. The fourth-order valence-electron chi connectivity index (χ4n) is 3.39. The van der Waals surface area contributed by atoms with Crippen LogP contribution in [-0.4, -0.2) is 69.2 Å². The van der Waals surface area contributed by atoms with E-state index in [9.17, 15) is 14.0 Å². The first-order chi connectivity index (χ1) is 15.1. The standard InChI is InChI=1S/C21H22FN7O2/c22-17-2-4-18(5-3-17)27-9-11-28(12-10-27)20(30)7-8-24-21(31)16-1-6-19(25-13-16)29-15-23-14-26-29/h1-6,13-15H,7-12H2,(H,24,31). The molecule has 0 radical (unpaired) electrons. The monoisotopic (exact) mass is 423 g/mol. The number of carbonyl (C=O) groups is 2. The van der Waals surface area contributed by atoms with Gasteiger partial charge in [0, 0.05) is 51.0 Å². The Labute approximate surface area is 178 Å². The molecule has 0 aliphatic carbocycles. The Kier molecular flexibility index (Phi) is 6.16. The van der Waals surface area contributed by atoms with E-state index in [1.54, 1.807) is 29.2 Å². The molecule has 3 heterocycles. The van der Waals surface area contributed by atoms with E-state index in [4.69, 9.17) is 0 Å². The minimum Gasteiger partial charge on any atom is -0.368 e. The molecule has 0 saturated carbocycles. The van der Waals surface area contributed by atoms with Crippen LogP contribution >= 0.6 is 0 Å². The van der Waals surface area contributed by atoms with Gasteiger partial charge in [-0.15, -0.1) is 0 Å². The third-order valence-electron chi connectivity index (χ3n) is 5.11. The van der Waals surface area contributed by atoms with Gasteiger partial charge in [-0.05, 0) is 36.4 Å². The molecule has 1 aliphatic rings. The average molecular weight is 423 g/mol. The Morgan fingerprint density at radius 3 is 2.45 bits per heavy atom. The molecule has 1 fully saturated rings. The van der Waals surface area contributed by atoms with Crippen molar-refractivity contribution in [3.8, 4) is 5.82 Å². The SMILES string of the molecule is O=C(NCCC(=O)N1CCN(c2ccc(F)cc2)CC1)c1ccc(-n2cncn2)nc1. The first-order valence-electron chi connectivity index (χ1n) is 9.98. The van der Waals surface area contributed by atoms with Gasteiger partial charge in [-0.3, -0.25) is 9.59 Å². The van der Waals surface area contributed by atoms with Gasteiger partial charge in [0.2, 0.25) is 5.91 Å². The number of amides is 2. The van der Waals surface area contributed by atoms with Crippen LogP contribution in [0.5, 0.6) is 0 Å². The summed E-state index contributed by atoms with van der Waals surface area (Å²) in [5.74, 6) is 0.0100. The van der Waals surface area contributed by atoms with Crippen LogP contribution in [0.15, 0.2) is 55.2 Å². The number of anilines is 1. The molecule has 2 aromatic heterocycles. The number of hydrogen-bond donors (Lipinski definition) is 1. The van der Waals surface area contributed by atoms with Crippen molar-refractivity contribution in [2.24, 2.45) is 0 Å². The molecule has 3 aromatic rings. The van der Waals surface area contributed by atoms with Gasteiger partial charge in [0.25, 0.3) is 5.91 Å². The van der Waals surface area contributed by atoms with Crippen LogP contribution in [-0.2, 0) is 4.79 Å². The van der Waals surface area contributed by atoms with Crippen LogP contribution in [0, 0.1) is 5.82 Å². The number of piperazine rings is 1. The van der Waals surface area contributed by atoms with Gasteiger partial charge in [-0.25, -0.2) is 19.0 Å². The zero-order chi connectivity index (χ0) is 21.6. The summed E-state index contributed by atoms with van der Waals surface area (Å²) < 4.78 is 14.6. The number of nitrogens with one attached hydrogen (secondary N) is 1. The van der Waals surface area contributed by atoms with Gasteiger partial charge >= 0.3 is 0 Å². The number of benzene rings is 1. The Morgan fingerprint density at radius 1 is 1.03 bits per heavy atom. The number of carbonyl (C=O) groups excluding carboxylic acids is 2. The summed E-state index contributed by atoms with van der Waals surface area (Å²) in [5, 5.41) is 6.74. The Bertz CT molecular complexity index is 1010. The molecule has 0 bridgehead atoms. The molecule has 1 aromatic carbocycles. The predicted octanol–water partition coefficient (Wildman–Crippen LogP) is 1.27. The maximum atomic E-state index is 13.1. The molecule has 4 rings (SSSR count). The van der Waals surface area contributed by atoms with Crippen LogP contribution < -0.4 is 10.2 Å². The highest BCUT2D eigenvalue weighted by Crippen LogP contribution is 2.17. The zero-order valence-electron chi connectivity index (χ0n) is 16.8. The van der Waals surface area contributed by atoms with Crippen molar-refractivity contribution < 1.29 is 14.0 Å². The number of aromatic nitrogens is 4. The van der Waals surface area contributed by atoms with Gasteiger partial charge in [-0.1, -0.05) is 0 Å². The number of rotatable bonds is 6. The average Bonchev–Trinajstić information content (AvgIpc) is 3.35. The summed E-state index contributed by atoms with van der Waals surface area (Å²) >= 11 is 0. The molecule has 10 heteroatoms. The first-order valence-corrected chi connectivity index (χ1v) is 9.98. The summed E-state index contributed by atoms with van der Waals surface area (Å²) in [6, 6.07) is 9.69. The van der Waals surface area contributed by atoms with E-state index in [-0.39, 0.29) is 30.6 Å². The van der Waals surface area contributed by atoms with Crippen LogP contribution in [0.1, 0.15) is 16.8 Å². The number of hydrogen-bond acceptors (Lipinski definition) is 6. The van der Waals surface area contributed by atoms with Crippen LogP contribution in [0.25, 0.3) is 5.82 Å². The molecule has 0 atom stereocenters. The summed E-state index contributed by atoms with van der Waals surface area (Å²) in [6.45, 7) is 2.82. The van der Waals surface area contributed by atoms with E-state index >= 15 is 0 Å². The first kappa shape index (κ1) is 20.5. The fourth-order valence-corrected chi connectivity index (χ4v) is 3.39. The van der Waals surface area contributed by atoms with Crippen molar-refractivity contribution in [2.75, 3.05) is 37.6 Å². The number of pyridine rings is 1. The smallest absolute Gasteiger partial charge is 0.252 e. The highest BCUT2D eigenvalue weighted by Gasteiger charge is 2.21. The summed E-state index contributed by atoms with van der Waals surface area (Å²) in [4.78, 5) is 36.7. The Morgan fingerprint density at radius 2 is 1.81 bits per heavy atom. The third kappa shape index (κ3) is 5.03. The lowest BCUT2D eigenvalue weighted by Gasteiger charge is -2.36. The number of halogens is 1. The minimum absolute atomic E-state index is 0.00119. The third-order valence-corrected chi connectivity index (χ3v) is 5.11. The van der Waals surface area contributed by atoms with Gasteiger partial charge in [0.1, 0.15) is 18.5 Å². The maximum Gasteiger partial charge on any atom is 0.252 e. The van der Waals surface area contributed by atoms with E-state index in [0.29, 0.717) is 37.6 Å². The quantitative estimate of drug-likeness (QED) is 0.642. The molecular weight excluding hydrogens is 401 g/mol. The normalized spacial score (nSPS) is 13.8. The van der Waals surface area contributed by atoms with E-state index in [0.717, 1.165) is 5.69 Å². The van der Waals surface area contributed by atoms with Crippen molar-refractivity contribution >= 4 is 17.5 Å². The lowest BCUT2D eigenvalue weighted by Crippen LogP contribution is -2.49. The van der Waals surface area contributed by atoms with Crippen molar-refractivity contribution in [3.63, 3.8) is 0 Å². The fraction of sp³-hybridized carbons (Fsp3) is 0.286. The lowest BCUT2D eigenvalue weighted by atomic mass is 10.2. The molecule has 160 valence electrons. The molecule has 0 spiro atoms. The molecule has 1 aliphatic heterocycles. The topological polar surface area (TPSA) is 96.2 Å². The Balaban J connectivity index is 1.20. The van der Waals surface area contributed by atoms with E-state index in [1.807, 2.05) is 0 Å². The Hall–Kier alpha value is -3.82. The second-order valence-electron chi connectivity index (χ2n) is 7.10. The minimum atomic E-state index is -0.286. The summed E-state index contributed by atoms with van der Waals surface area (Å²) in [7, 11) is 0. The molecular formula is C21H22FN7O2. The van der Waals surface area contributed by atoms with Crippen molar-refractivity contribution in [3.05, 3.63) is 66.6 Å². The molecule has 31 heavy (non-hydrogen) atoms. The molecule has 1 N–H and O–H groups in total. The lowest BCUT2D eigenvalue weighted by molar-refractivity contribution is -0.131. The highest BCUT2D eigenvalue weighted by atomic mass is 19.1. The van der Waals surface area contributed by atoms with Gasteiger partial charge in [0.15, 0.2) is 5.82 Å². The van der Waals surface area contributed by atoms with E-state index < -0.39 is 0 Å². The van der Waals surface area contributed by atoms with Crippen molar-refractivity contribution in [1.29, 1.82) is 0 Å². The van der Waals surface area contributed by atoms with Gasteiger partial charge < -0.3 is 15.1 Å². The molecule has 2 amide bonds. The number of nitrogens with zero attached hydrogens (tertiary/aromatic N) is 6. The van der Waals surface area contributed by atoms with Gasteiger partial charge in [0.05, 0.1) is 5.56 Å². The van der Waals surface area contributed by atoms with Crippen molar-refractivity contribution in [1.82, 2.24) is 30.0 Å². The second kappa shape index (κ2) is 9.33. The van der Waals surface area contributed by atoms with Crippen LogP contribution in [0.3, 0.4) is 0 Å². The highest BCUT2D eigenvalue weighted by molar-refractivity contribution is 5.94. The van der Waals surface area contributed by atoms with Crippen LogP contribution in [0.2, 0.25) is 0 Å². The zero-order valence-corrected chi connectivity index (χ0v) is 16.8. The maximum absolute atomic E-state index is 13.1. The largest absolute Gasteiger partial charge is 0.368 e. The van der Waals surface area contributed by atoms with Crippen molar-refractivity contribution in [2.45, 2.75) is 6.42 Å². The van der Waals surface area contributed by atoms with Gasteiger partial charge in [-0.2, -0.15) is 5.10 Å². The molecule has 0 unspecified atom stereocenters. The molecule has 1 saturated heterocycles. The summed E-state index contributed by atoms with van der Waals surface area (Å²) in [5.41, 5.74) is 1.36. The van der Waals surface area contributed by atoms with E-state index in [2.05, 4.69) is 25.3 Å². The van der Waals surface area contributed by atoms with Crippen LogP contribution in [0.4, 0.5) is 10.1 Å².